The van der Waals surface area contributed by atoms with E-state index in [0.717, 1.165) is 0 Å². The average molecular weight is 310 g/mol. The average Bonchev–Trinajstić information content (AvgIpc) is 3.17. The van der Waals surface area contributed by atoms with Crippen LogP contribution in [0.2, 0.25) is 5.15 Å². The van der Waals surface area contributed by atoms with Crippen molar-refractivity contribution in [1.29, 1.82) is 0 Å². The Kier molecular flexibility index (Phi) is 4.54. The molecule has 1 aliphatic carbocycles. The van der Waals surface area contributed by atoms with Gasteiger partial charge in [0.15, 0.2) is 0 Å². The number of allylic oxidation sites excluding steroid dienone is 1. The third kappa shape index (κ3) is 4.72. The molecule has 1 aliphatic rings. The van der Waals surface area contributed by atoms with Crippen LogP contribution in [0.4, 0.5) is 5.82 Å². The molecule has 0 aromatic carbocycles. The molecule has 1 aromatic heterocycles. The van der Waals surface area contributed by atoms with Crippen molar-refractivity contribution in [3.05, 3.63) is 35.1 Å². The van der Waals surface area contributed by atoms with Gasteiger partial charge in [0.1, 0.15) is 16.6 Å². The molecule has 1 aromatic rings. The molecule has 0 amide bonds. The van der Waals surface area contributed by atoms with Gasteiger partial charge in [-0.1, -0.05) is 17.7 Å². The number of anilines is 1. The van der Waals surface area contributed by atoms with Gasteiger partial charge in [-0.2, -0.15) is 0 Å². The Balaban J connectivity index is 2.11. The molecule has 6 heteroatoms. The molecule has 1 saturated carbocycles. The lowest BCUT2D eigenvalue weighted by molar-refractivity contribution is 0.00694. The Labute approximate surface area is 129 Å². The van der Waals surface area contributed by atoms with Crippen molar-refractivity contribution >= 4 is 23.4 Å². The number of halogens is 1. The number of carbonyl (C=O) groups excluding carboxylic acids is 1. The van der Waals surface area contributed by atoms with E-state index in [0.29, 0.717) is 11.7 Å². The van der Waals surface area contributed by atoms with Crippen LogP contribution in [-0.4, -0.2) is 16.6 Å². The number of esters is 1. The number of nitrogens with zero attached hydrogens (tertiary/aromatic N) is 2. The number of hydrogen-bond acceptors (Lipinski definition) is 5. The summed E-state index contributed by atoms with van der Waals surface area (Å²) in [7, 11) is 0. The van der Waals surface area contributed by atoms with Crippen LogP contribution in [0.25, 0.3) is 0 Å². The standard InChI is InChI=1S/C15H20ClN3O2/c1-15(2,3)21-14(20)11-6-7-12(18-13(11)16)19(17)9-8-10-4-5-10/h6-10H,4-5,17H2,1-3H3/b9-8-. The number of hydrogen-bond donors (Lipinski definition) is 1. The lowest BCUT2D eigenvalue weighted by atomic mass is 10.2. The molecular weight excluding hydrogens is 290 g/mol. The first-order valence-electron chi connectivity index (χ1n) is 6.88. The van der Waals surface area contributed by atoms with Gasteiger partial charge >= 0.3 is 5.97 Å². The van der Waals surface area contributed by atoms with E-state index in [2.05, 4.69) is 4.98 Å². The zero-order valence-electron chi connectivity index (χ0n) is 12.5. The molecular formula is C15H20ClN3O2. The van der Waals surface area contributed by atoms with E-state index in [9.17, 15) is 4.79 Å². The summed E-state index contributed by atoms with van der Waals surface area (Å²) in [6.45, 7) is 5.39. The maximum Gasteiger partial charge on any atom is 0.341 e. The van der Waals surface area contributed by atoms with Crippen molar-refractivity contribution in [3.8, 4) is 0 Å². The molecule has 0 radical (unpaired) electrons. The van der Waals surface area contributed by atoms with Gasteiger partial charge in [0, 0.05) is 6.20 Å². The Bertz CT molecular complexity index is 563. The fourth-order valence-electron chi connectivity index (χ4n) is 1.63. The summed E-state index contributed by atoms with van der Waals surface area (Å²) >= 11 is 6.05. The zero-order chi connectivity index (χ0) is 15.6. The van der Waals surface area contributed by atoms with Gasteiger partial charge in [-0.05, 0) is 51.7 Å². The SMILES string of the molecule is CC(C)(C)OC(=O)c1ccc(N(N)/C=C\C2CC2)nc1Cl. The predicted molar refractivity (Wildman–Crippen MR) is 82.9 cm³/mol. The van der Waals surface area contributed by atoms with Crippen LogP contribution in [0.1, 0.15) is 44.0 Å². The third-order valence-electron chi connectivity index (χ3n) is 2.86. The Morgan fingerprint density at radius 2 is 2.14 bits per heavy atom. The molecule has 21 heavy (non-hydrogen) atoms. The fraction of sp³-hybridized carbons (Fsp3) is 0.467. The first kappa shape index (κ1) is 15.8. The second-order valence-electron chi connectivity index (χ2n) is 6.10. The maximum atomic E-state index is 12.0. The molecule has 0 bridgehead atoms. The second kappa shape index (κ2) is 6.03. The van der Waals surface area contributed by atoms with Gasteiger partial charge in [-0.25, -0.2) is 15.6 Å². The summed E-state index contributed by atoms with van der Waals surface area (Å²) in [5.41, 5.74) is -0.346. The quantitative estimate of drug-likeness (QED) is 0.400. The van der Waals surface area contributed by atoms with Crippen molar-refractivity contribution in [1.82, 2.24) is 4.98 Å². The number of pyridine rings is 1. The van der Waals surface area contributed by atoms with E-state index in [-0.39, 0.29) is 10.7 Å². The molecule has 5 nitrogen and oxygen atoms in total. The molecule has 0 spiro atoms. The molecule has 2 N–H and O–H groups in total. The minimum absolute atomic E-state index is 0.0806. The Morgan fingerprint density at radius 3 is 2.67 bits per heavy atom. The first-order chi connectivity index (χ1) is 9.76. The van der Waals surface area contributed by atoms with Crippen molar-refractivity contribution in [2.75, 3.05) is 5.01 Å². The number of nitrogens with two attached hydrogens (primary N) is 1. The Morgan fingerprint density at radius 1 is 1.48 bits per heavy atom. The largest absolute Gasteiger partial charge is 0.456 e. The third-order valence-corrected chi connectivity index (χ3v) is 3.15. The molecule has 114 valence electrons. The van der Waals surface area contributed by atoms with Crippen LogP contribution in [0, 0.1) is 5.92 Å². The van der Waals surface area contributed by atoms with Gasteiger partial charge in [0.2, 0.25) is 0 Å². The molecule has 0 atom stereocenters. The van der Waals surface area contributed by atoms with E-state index in [4.69, 9.17) is 22.2 Å². The van der Waals surface area contributed by atoms with E-state index in [1.807, 2.05) is 6.08 Å². The summed E-state index contributed by atoms with van der Waals surface area (Å²) in [6.07, 6.45) is 6.22. The first-order valence-corrected chi connectivity index (χ1v) is 7.26. The van der Waals surface area contributed by atoms with Crippen LogP contribution >= 0.6 is 11.6 Å². The predicted octanol–water partition coefficient (Wildman–Crippen LogP) is 3.29. The fourth-order valence-corrected chi connectivity index (χ4v) is 1.86. The topological polar surface area (TPSA) is 68.5 Å². The van der Waals surface area contributed by atoms with Gasteiger partial charge < -0.3 is 4.74 Å². The highest BCUT2D eigenvalue weighted by atomic mass is 35.5. The van der Waals surface area contributed by atoms with Crippen LogP contribution in [0.15, 0.2) is 24.4 Å². The molecule has 0 aliphatic heterocycles. The number of rotatable bonds is 4. The molecule has 0 unspecified atom stereocenters. The maximum absolute atomic E-state index is 12.0. The van der Waals surface area contributed by atoms with E-state index < -0.39 is 11.6 Å². The zero-order valence-corrected chi connectivity index (χ0v) is 13.2. The summed E-state index contributed by atoms with van der Waals surface area (Å²) in [6, 6.07) is 3.21. The Hall–Kier alpha value is -1.59. The molecule has 1 fully saturated rings. The van der Waals surface area contributed by atoms with Crippen molar-refractivity contribution < 1.29 is 9.53 Å². The highest BCUT2D eigenvalue weighted by molar-refractivity contribution is 6.32. The lowest BCUT2D eigenvalue weighted by Gasteiger charge is -2.20. The van der Waals surface area contributed by atoms with Crippen LogP contribution in [-0.2, 0) is 4.74 Å². The van der Waals surface area contributed by atoms with E-state index in [1.54, 1.807) is 39.1 Å². The number of ether oxygens (including phenoxy) is 1. The monoisotopic (exact) mass is 309 g/mol. The minimum Gasteiger partial charge on any atom is -0.456 e. The van der Waals surface area contributed by atoms with Crippen LogP contribution in [0.3, 0.4) is 0 Å². The van der Waals surface area contributed by atoms with E-state index in [1.165, 1.54) is 17.9 Å². The lowest BCUT2D eigenvalue weighted by Crippen LogP contribution is -2.26. The molecule has 1 heterocycles. The number of aromatic nitrogens is 1. The van der Waals surface area contributed by atoms with Crippen LogP contribution in [0.5, 0.6) is 0 Å². The second-order valence-corrected chi connectivity index (χ2v) is 6.45. The van der Waals surface area contributed by atoms with Gasteiger partial charge in [0.25, 0.3) is 0 Å². The van der Waals surface area contributed by atoms with Crippen molar-refractivity contribution in [2.24, 2.45) is 11.8 Å². The van der Waals surface area contributed by atoms with Crippen LogP contribution < -0.4 is 10.9 Å². The number of hydrazine groups is 1. The highest BCUT2D eigenvalue weighted by Gasteiger charge is 2.21. The smallest absolute Gasteiger partial charge is 0.341 e. The summed E-state index contributed by atoms with van der Waals surface area (Å²) < 4.78 is 5.27. The van der Waals surface area contributed by atoms with Gasteiger partial charge in [0.05, 0.1) is 5.56 Å². The van der Waals surface area contributed by atoms with Gasteiger partial charge in [-0.15, -0.1) is 0 Å². The molecule has 0 saturated heterocycles. The molecule has 2 rings (SSSR count). The summed E-state index contributed by atoms with van der Waals surface area (Å²) in [5.74, 6) is 6.47. The van der Waals surface area contributed by atoms with Crippen molar-refractivity contribution in [2.45, 2.75) is 39.2 Å². The van der Waals surface area contributed by atoms with E-state index >= 15 is 0 Å². The van der Waals surface area contributed by atoms with Crippen molar-refractivity contribution in [3.63, 3.8) is 0 Å². The minimum atomic E-state index is -0.577. The summed E-state index contributed by atoms with van der Waals surface area (Å²) in [4.78, 5) is 16.1. The summed E-state index contributed by atoms with van der Waals surface area (Å²) in [5, 5.41) is 1.47. The highest BCUT2D eigenvalue weighted by Crippen LogP contribution is 2.30. The number of carbonyl (C=O) groups is 1. The normalized spacial score (nSPS) is 15.3. The van der Waals surface area contributed by atoms with Gasteiger partial charge in [-0.3, -0.25) is 5.01 Å².